The molecule has 0 fully saturated rings. The van der Waals surface area contributed by atoms with Crippen molar-refractivity contribution in [2.75, 3.05) is 0 Å². The highest BCUT2D eigenvalue weighted by atomic mass is 28.3. The van der Waals surface area contributed by atoms with Gasteiger partial charge in [0.15, 0.2) is 0 Å². The van der Waals surface area contributed by atoms with Gasteiger partial charge in [0.05, 0.1) is 0 Å². The van der Waals surface area contributed by atoms with E-state index in [1.165, 1.54) is 0 Å². The summed E-state index contributed by atoms with van der Waals surface area (Å²) >= 11 is 0. The SMILES string of the molecule is C[Si](C)(C)C#Cc1cc(O)cc(-c2ccccc2)c1. The lowest BCUT2D eigenvalue weighted by Crippen LogP contribution is -2.16. The van der Waals surface area contributed by atoms with Gasteiger partial charge in [-0.3, -0.25) is 0 Å². The highest BCUT2D eigenvalue weighted by Crippen LogP contribution is 2.25. The van der Waals surface area contributed by atoms with Gasteiger partial charge >= 0.3 is 0 Å². The zero-order valence-electron chi connectivity index (χ0n) is 11.6. The third-order valence-corrected chi connectivity index (χ3v) is 3.48. The number of hydrogen-bond donors (Lipinski definition) is 1. The summed E-state index contributed by atoms with van der Waals surface area (Å²) < 4.78 is 0. The number of aromatic hydroxyl groups is 1. The molecule has 1 nitrogen and oxygen atoms in total. The van der Waals surface area contributed by atoms with Crippen LogP contribution in [0.1, 0.15) is 5.56 Å². The molecule has 0 bridgehead atoms. The Hall–Kier alpha value is -1.98. The highest BCUT2D eigenvalue weighted by molar-refractivity contribution is 6.83. The third-order valence-electron chi connectivity index (χ3n) is 2.61. The first-order valence-corrected chi connectivity index (χ1v) is 9.87. The van der Waals surface area contributed by atoms with E-state index in [4.69, 9.17) is 0 Å². The molecule has 2 aromatic carbocycles. The van der Waals surface area contributed by atoms with E-state index in [-0.39, 0.29) is 5.75 Å². The van der Waals surface area contributed by atoms with Gasteiger partial charge in [0.25, 0.3) is 0 Å². The van der Waals surface area contributed by atoms with Crippen LogP contribution < -0.4 is 0 Å². The molecule has 0 radical (unpaired) electrons. The van der Waals surface area contributed by atoms with Crippen molar-refractivity contribution in [2.24, 2.45) is 0 Å². The molecule has 0 unspecified atom stereocenters. The summed E-state index contributed by atoms with van der Waals surface area (Å²) in [5, 5.41) is 9.83. The molecule has 0 amide bonds. The Morgan fingerprint density at radius 1 is 0.895 bits per heavy atom. The van der Waals surface area contributed by atoms with Gasteiger partial charge in [0.2, 0.25) is 0 Å². The summed E-state index contributed by atoms with van der Waals surface area (Å²) in [5.74, 6) is 3.45. The van der Waals surface area contributed by atoms with E-state index in [0.717, 1.165) is 16.7 Å². The maximum Gasteiger partial charge on any atom is 0.129 e. The zero-order chi connectivity index (χ0) is 13.9. The van der Waals surface area contributed by atoms with Crippen molar-refractivity contribution in [3.8, 4) is 28.3 Å². The molecule has 0 spiro atoms. The molecule has 0 aliphatic heterocycles. The van der Waals surface area contributed by atoms with Gasteiger partial charge < -0.3 is 5.11 Å². The summed E-state index contributed by atoms with van der Waals surface area (Å²) in [6.45, 7) is 6.63. The van der Waals surface area contributed by atoms with Crippen LogP contribution in [-0.2, 0) is 0 Å². The monoisotopic (exact) mass is 266 g/mol. The number of rotatable bonds is 1. The molecule has 0 saturated carbocycles. The Morgan fingerprint density at radius 2 is 1.58 bits per heavy atom. The molecule has 0 heterocycles. The van der Waals surface area contributed by atoms with Gasteiger partial charge in [-0.1, -0.05) is 55.9 Å². The number of benzene rings is 2. The molecular weight excluding hydrogens is 248 g/mol. The standard InChI is InChI=1S/C17H18OSi/c1-19(2,3)10-9-14-11-16(13-17(18)12-14)15-7-5-4-6-8-15/h4-8,11-13,18H,1-3H3. The fourth-order valence-electron chi connectivity index (χ4n) is 1.74. The van der Waals surface area contributed by atoms with Crippen LogP contribution in [0.3, 0.4) is 0 Å². The fourth-order valence-corrected chi connectivity index (χ4v) is 2.26. The summed E-state index contributed by atoms with van der Waals surface area (Å²) in [6, 6.07) is 15.6. The summed E-state index contributed by atoms with van der Waals surface area (Å²) in [4.78, 5) is 0. The van der Waals surface area contributed by atoms with E-state index in [1.54, 1.807) is 12.1 Å². The summed E-state index contributed by atoms with van der Waals surface area (Å²) in [7, 11) is -1.40. The molecule has 2 heteroatoms. The average Bonchev–Trinajstić information content (AvgIpc) is 2.36. The Kier molecular flexibility index (Phi) is 3.78. The molecular formula is C17H18OSi. The Labute approximate surface area is 115 Å². The minimum Gasteiger partial charge on any atom is -0.508 e. The first-order chi connectivity index (χ1) is 8.94. The fraction of sp³-hybridized carbons (Fsp3) is 0.176. The number of phenols is 1. The lowest BCUT2D eigenvalue weighted by atomic mass is 10.0. The van der Waals surface area contributed by atoms with Gasteiger partial charge in [-0.25, -0.2) is 0 Å². The van der Waals surface area contributed by atoms with Gasteiger partial charge in [-0.2, -0.15) is 0 Å². The first kappa shape index (κ1) is 13.4. The minimum absolute atomic E-state index is 0.265. The maximum atomic E-state index is 9.83. The third kappa shape index (κ3) is 4.01. The van der Waals surface area contributed by atoms with Crippen molar-refractivity contribution < 1.29 is 5.11 Å². The lowest BCUT2D eigenvalue weighted by molar-refractivity contribution is 0.475. The van der Waals surface area contributed by atoms with Crippen molar-refractivity contribution >= 4 is 8.07 Å². The van der Waals surface area contributed by atoms with Crippen LogP contribution in [0, 0.1) is 11.5 Å². The molecule has 0 atom stereocenters. The first-order valence-electron chi connectivity index (χ1n) is 6.37. The average molecular weight is 266 g/mol. The van der Waals surface area contributed by atoms with Gasteiger partial charge in [-0.15, -0.1) is 5.54 Å². The molecule has 2 rings (SSSR count). The molecule has 0 saturated heterocycles. The normalized spacial score (nSPS) is 10.7. The van der Waals surface area contributed by atoms with Crippen LogP contribution in [0.5, 0.6) is 5.75 Å². The van der Waals surface area contributed by atoms with E-state index in [2.05, 4.69) is 31.1 Å². The van der Waals surface area contributed by atoms with Crippen LogP contribution in [0.25, 0.3) is 11.1 Å². The van der Waals surface area contributed by atoms with Crippen LogP contribution >= 0.6 is 0 Å². The predicted octanol–water partition coefficient (Wildman–Crippen LogP) is 4.29. The maximum absolute atomic E-state index is 9.83. The molecule has 1 N–H and O–H groups in total. The highest BCUT2D eigenvalue weighted by Gasteiger charge is 2.08. The van der Waals surface area contributed by atoms with E-state index in [1.807, 2.05) is 36.4 Å². The Bertz CT molecular complexity index is 628. The Balaban J connectivity index is 2.43. The van der Waals surface area contributed by atoms with E-state index in [9.17, 15) is 5.11 Å². The van der Waals surface area contributed by atoms with E-state index < -0.39 is 8.07 Å². The van der Waals surface area contributed by atoms with Gasteiger partial charge in [0.1, 0.15) is 13.8 Å². The quantitative estimate of drug-likeness (QED) is 0.603. The molecule has 0 aromatic heterocycles. The smallest absolute Gasteiger partial charge is 0.129 e. The van der Waals surface area contributed by atoms with Crippen molar-refractivity contribution in [1.29, 1.82) is 0 Å². The predicted molar refractivity (Wildman–Crippen MR) is 83.8 cm³/mol. The van der Waals surface area contributed by atoms with Gasteiger partial charge in [-0.05, 0) is 29.3 Å². The van der Waals surface area contributed by atoms with Crippen LogP contribution in [0.2, 0.25) is 19.6 Å². The van der Waals surface area contributed by atoms with Crippen molar-refractivity contribution in [2.45, 2.75) is 19.6 Å². The van der Waals surface area contributed by atoms with E-state index >= 15 is 0 Å². The minimum atomic E-state index is -1.40. The van der Waals surface area contributed by atoms with Crippen molar-refractivity contribution in [1.82, 2.24) is 0 Å². The van der Waals surface area contributed by atoms with Gasteiger partial charge in [0, 0.05) is 5.56 Å². The van der Waals surface area contributed by atoms with Crippen molar-refractivity contribution in [3.63, 3.8) is 0 Å². The summed E-state index contributed by atoms with van der Waals surface area (Å²) in [5.41, 5.74) is 6.29. The summed E-state index contributed by atoms with van der Waals surface area (Å²) in [6.07, 6.45) is 0. The lowest BCUT2D eigenvalue weighted by Gasteiger charge is -2.05. The van der Waals surface area contributed by atoms with E-state index in [0.29, 0.717) is 0 Å². The second-order valence-corrected chi connectivity index (χ2v) is 10.4. The largest absolute Gasteiger partial charge is 0.508 e. The van der Waals surface area contributed by atoms with Crippen molar-refractivity contribution in [3.05, 3.63) is 54.1 Å². The molecule has 96 valence electrons. The van der Waals surface area contributed by atoms with Crippen LogP contribution in [0.15, 0.2) is 48.5 Å². The number of hydrogen-bond acceptors (Lipinski definition) is 1. The number of phenolic OH excluding ortho intramolecular Hbond substituents is 1. The topological polar surface area (TPSA) is 20.2 Å². The molecule has 0 aliphatic rings. The second-order valence-electron chi connectivity index (χ2n) is 5.63. The van der Waals surface area contributed by atoms with Crippen LogP contribution in [0.4, 0.5) is 0 Å². The Morgan fingerprint density at radius 3 is 2.21 bits per heavy atom. The molecule has 2 aromatic rings. The van der Waals surface area contributed by atoms with Crippen LogP contribution in [-0.4, -0.2) is 13.2 Å². The zero-order valence-corrected chi connectivity index (χ0v) is 12.6. The second kappa shape index (κ2) is 5.34. The molecule has 0 aliphatic carbocycles. The molecule has 19 heavy (non-hydrogen) atoms.